The van der Waals surface area contributed by atoms with Crippen LogP contribution in [0.5, 0.6) is 5.75 Å². The van der Waals surface area contributed by atoms with E-state index in [1.54, 1.807) is 7.11 Å². The highest BCUT2D eigenvalue weighted by atomic mass is 16.5. The molecule has 0 atom stereocenters. The van der Waals surface area contributed by atoms with E-state index in [9.17, 15) is 0 Å². The standard InChI is InChI=1S/C21H32N4O/c1-22-21(25-14-5-3-4-6-15-25)19-8-7-9-20(19)24-12-10-17-16-18(26-2)11-13-23-17/h11,13,16,24H,3-10,12,14-15H2,1-2H3. The van der Waals surface area contributed by atoms with Crippen LogP contribution in [0.1, 0.15) is 50.6 Å². The normalized spacial score (nSPS) is 18.8. The molecular formula is C21H32N4O. The van der Waals surface area contributed by atoms with Gasteiger partial charge in [-0.25, -0.2) is 0 Å². The summed E-state index contributed by atoms with van der Waals surface area (Å²) in [4.78, 5) is 11.6. The molecule has 1 saturated heterocycles. The lowest BCUT2D eigenvalue weighted by molar-refractivity contribution is 0.413. The van der Waals surface area contributed by atoms with Crippen LogP contribution in [-0.4, -0.2) is 49.5 Å². The smallest absolute Gasteiger partial charge is 0.128 e. The molecule has 1 aromatic rings. The first-order valence-electron chi connectivity index (χ1n) is 9.98. The number of aliphatic imine (C=N–C) groups is 1. The van der Waals surface area contributed by atoms with E-state index >= 15 is 0 Å². The van der Waals surface area contributed by atoms with Gasteiger partial charge in [0.15, 0.2) is 0 Å². The average Bonchev–Trinajstić information content (AvgIpc) is 2.96. The van der Waals surface area contributed by atoms with E-state index in [-0.39, 0.29) is 0 Å². The highest BCUT2D eigenvalue weighted by Crippen LogP contribution is 2.27. The lowest BCUT2D eigenvalue weighted by Crippen LogP contribution is -2.34. The summed E-state index contributed by atoms with van der Waals surface area (Å²) in [6.07, 6.45) is 11.5. The minimum Gasteiger partial charge on any atom is -0.497 e. The van der Waals surface area contributed by atoms with Gasteiger partial charge >= 0.3 is 0 Å². The molecule has 0 spiro atoms. The van der Waals surface area contributed by atoms with E-state index < -0.39 is 0 Å². The maximum atomic E-state index is 5.28. The van der Waals surface area contributed by atoms with Crippen molar-refractivity contribution in [3.8, 4) is 5.75 Å². The Labute approximate surface area is 157 Å². The quantitative estimate of drug-likeness (QED) is 0.625. The zero-order valence-corrected chi connectivity index (χ0v) is 16.3. The highest BCUT2D eigenvalue weighted by Gasteiger charge is 2.23. The van der Waals surface area contributed by atoms with Gasteiger partial charge in [0.1, 0.15) is 11.6 Å². The Morgan fingerprint density at radius 3 is 2.73 bits per heavy atom. The minimum absolute atomic E-state index is 0.873. The topological polar surface area (TPSA) is 49.8 Å². The van der Waals surface area contributed by atoms with Crippen LogP contribution in [0.2, 0.25) is 0 Å². The lowest BCUT2D eigenvalue weighted by atomic mass is 10.1. The van der Waals surface area contributed by atoms with E-state index in [2.05, 4.69) is 15.2 Å². The third kappa shape index (κ3) is 4.77. The van der Waals surface area contributed by atoms with E-state index in [1.807, 2.05) is 25.4 Å². The van der Waals surface area contributed by atoms with E-state index in [1.165, 1.54) is 49.2 Å². The molecule has 0 radical (unpaired) electrons. The Bertz CT molecular complexity index is 645. The van der Waals surface area contributed by atoms with E-state index in [0.29, 0.717) is 0 Å². The Hall–Kier alpha value is -2.04. The second kappa shape index (κ2) is 9.60. The predicted octanol–water partition coefficient (Wildman–Crippen LogP) is 3.56. The zero-order valence-electron chi connectivity index (χ0n) is 16.3. The molecule has 5 heteroatoms. The average molecular weight is 357 g/mol. The van der Waals surface area contributed by atoms with Crippen molar-refractivity contribution < 1.29 is 4.74 Å². The molecule has 0 bridgehead atoms. The molecule has 1 fully saturated rings. The van der Waals surface area contributed by atoms with Gasteiger partial charge in [-0.2, -0.15) is 0 Å². The summed E-state index contributed by atoms with van der Waals surface area (Å²) < 4.78 is 5.28. The number of rotatable bonds is 6. The molecule has 142 valence electrons. The Kier molecular flexibility index (Phi) is 6.92. The molecule has 2 aliphatic rings. The number of ether oxygens (including phenoxy) is 1. The number of aromatic nitrogens is 1. The molecular weight excluding hydrogens is 324 g/mol. The van der Waals surface area contributed by atoms with Gasteiger partial charge in [-0.15, -0.1) is 0 Å². The van der Waals surface area contributed by atoms with Crippen LogP contribution < -0.4 is 10.1 Å². The first-order chi connectivity index (χ1) is 12.8. The minimum atomic E-state index is 0.873. The Balaban J connectivity index is 1.63. The summed E-state index contributed by atoms with van der Waals surface area (Å²) in [5, 5.41) is 3.68. The fraction of sp³-hybridized carbons (Fsp3) is 0.619. The molecule has 3 rings (SSSR count). The molecule has 1 N–H and O–H groups in total. The van der Waals surface area contributed by atoms with Crippen LogP contribution in [0.4, 0.5) is 0 Å². The summed E-state index contributed by atoms with van der Waals surface area (Å²) in [6, 6.07) is 3.90. The number of nitrogens with zero attached hydrogens (tertiary/aromatic N) is 3. The summed E-state index contributed by atoms with van der Waals surface area (Å²) in [7, 11) is 3.64. The third-order valence-corrected chi connectivity index (χ3v) is 5.35. The highest BCUT2D eigenvalue weighted by molar-refractivity contribution is 5.99. The van der Waals surface area contributed by atoms with Crippen LogP contribution in [-0.2, 0) is 6.42 Å². The van der Waals surface area contributed by atoms with Gasteiger partial charge in [0.05, 0.1) is 7.11 Å². The number of allylic oxidation sites excluding steroid dienone is 1. The number of hydrogen-bond donors (Lipinski definition) is 1. The predicted molar refractivity (Wildman–Crippen MR) is 107 cm³/mol. The fourth-order valence-electron chi connectivity index (χ4n) is 4.00. The van der Waals surface area contributed by atoms with Gasteiger partial charge < -0.3 is 15.0 Å². The van der Waals surface area contributed by atoms with Gasteiger partial charge in [0, 0.05) is 62.3 Å². The molecule has 1 aliphatic heterocycles. The maximum Gasteiger partial charge on any atom is 0.128 e. The van der Waals surface area contributed by atoms with E-state index in [4.69, 9.17) is 9.73 Å². The Morgan fingerprint density at radius 1 is 1.19 bits per heavy atom. The second-order valence-electron chi connectivity index (χ2n) is 7.12. The lowest BCUT2D eigenvalue weighted by Gasteiger charge is -2.26. The summed E-state index contributed by atoms with van der Waals surface area (Å²) >= 11 is 0. The number of pyridine rings is 1. The first kappa shape index (κ1) is 18.7. The molecule has 1 aromatic heterocycles. The molecule has 5 nitrogen and oxygen atoms in total. The van der Waals surface area contributed by atoms with Crippen LogP contribution >= 0.6 is 0 Å². The van der Waals surface area contributed by atoms with Crippen molar-refractivity contribution in [3.63, 3.8) is 0 Å². The fourth-order valence-corrected chi connectivity index (χ4v) is 4.00. The monoisotopic (exact) mass is 356 g/mol. The van der Waals surface area contributed by atoms with Crippen molar-refractivity contribution in [2.24, 2.45) is 4.99 Å². The molecule has 0 saturated carbocycles. The molecule has 26 heavy (non-hydrogen) atoms. The number of likely N-dealkylation sites (tertiary alicyclic amines) is 1. The molecule has 0 aromatic carbocycles. The van der Waals surface area contributed by atoms with Crippen molar-refractivity contribution in [2.75, 3.05) is 33.8 Å². The number of hydrogen-bond acceptors (Lipinski definition) is 4. The molecule has 0 unspecified atom stereocenters. The van der Waals surface area contributed by atoms with Crippen molar-refractivity contribution >= 4 is 5.84 Å². The largest absolute Gasteiger partial charge is 0.497 e. The maximum absolute atomic E-state index is 5.28. The van der Waals surface area contributed by atoms with Crippen molar-refractivity contribution in [1.82, 2.24) is 15.2 Å². The van der Waals surface area contributed by atoms with Gasteiger partial charge in [-0.1, -0.05) is 12.8 Å². The Morgan fingerprint density at radius 2 is 2.00 bits per heavy atom. The molecule has 2 heterocycles. The number of methoxy groups -OCH3 is 1. The van der Waals surface area contributed by atoms with Crippen LogP contribution in [0.3, 0.4) is 0 Å². The van der Waals surface area contributed by atoms with Gasteiger partial charge in [-0.05, 0) is 38.2 Å². The zero-order chi connectivity index (χ0) is 18.2. The van der Waals surface area contributed by atoms with Crippen LogP contribution in [0, 0.1) is 0 Å². The van der Waals surface area contributed by atoms with Crippen molar-refractivity contribution in [2.45, 2.75) is 51.4 Å². The van der Waals surface area contributed by atoms with Gasteiger partial charge in [0.25, 0.3) is 0 Å². The molecule has 0 amide bonds. The van der Waals surface area contributed by atoms with Crippen LogP contribution in [0.15, 0.2) is 34.6 Å². The van der Waals surface area contributed by atoms with Crippen molar-refractivity contribution in [1.29, 1.82) is 0 Å². The SMILES string of the molecule is CN=C(C1=C(NCCc2cc(OC)ccn2)CCC1)N1CCCCCC1. The summed E-state index contributed by atoms with van der Waals surface area (Å²) in [5.41, 5.74) is 3.89. The van der Waals surface area contributed by atoms with Gasteiger partial charge in [0.2, 0.25) is 0 Å². The summed E-state index contributed by atoms with van der Waals surface area (Å²) in [6.45, 7) is 3.20. The van der Waals surface area contributed by atoms with E-state index in [0.717, 1.165) is 50.3 Å². The second-order valence-corrected chi connectivity index (χ2v) is 7.12. The third-order valence-electron chi connectivity index (χ3n) is 5.35. The van der Waals surface area contributed by atoms with Crippen molar-refractivity contribution in [3.05, 3.63) is 35.3 Å². The van der Waals surface area contributed by atoms with Crippen LogP contribution in [0.25, 0.3) is 0 Å². The summed E-state index contributed by atoms with van der Waals surface area (Å²) in [5.74, 6) is 2.10. The first-order valence-corrected chi connectivity index (χ1v) is 9.98. The molecule has 1 aliphatic carbocycles. The number of nitrogens with one attached hydrogen (secondary N) is 1. The number of amidine groups is 1. The van der Waals surface area contributed by atoms with Gasteiger partial charge in [-0.3, -0.25) is 9.98 Å².